The second-order valence-corrected chi connectivity index (χ2v) is 3.01. The number of nitrogens with zero attached hydrogens (tertiary/aromatic N) is 1. The monoisotopic (exact) mass is 191 g/mol. The molecule has 0 aliphatic carbocycles. The number of benzene rings is 1. The van der Waals surface area contributed by atoms with Crippen LogP contribution in [0.15, 0.2) is 18.2 Å². The van der Waals surface area contributed by atoms with Crippen molar-refractivity contribution in [3.63, 3.8) is 0 Å². The van der Waals surface area contributed by atoms with Crippen LogP contribution in [0.2, 0.25) is 0 Å². The van der Waals surface area contributed by atoms with Crippen LogP contribution in [0.5, 0.6) is 5.75 Å². The summed E-state index contributed by atoms with van der Waals surface area (Å²) in [7, 11) is 0. The molecule has 1 aromatic carbocycles. The minimum Gasteiger partial charge on any atom is -0.493 e. The van der Waals surface area contributed by atoms with Crippen molar-refractivity contribution in [1.82, 2.24) is 0 Å². The van der Waals surface area contributed by atoms with Crippen LogP contribution in [0.1, 0.15) is 17.5 Å². The zero-order valence-corrected chi connectivity index (χ0v) is 8.16. The van der Waals surface area contributed by atoms with Crippen LogP contribution in [-0.4, -0.2) is 18.3 Å². The Labute approximate surface area is 83.6 Å². The summed E-state index contributed by atoms with van der Waals surface area (Å²) in [6.45, 7) is 2.51. The smallest absolute Gasteiger partial charge is 0.119 e. The van der Waals surface area contributed by atoms with Gasteiger partial charge in [0.25, 0.3) is 0 Å². The molecule has 1 N–H and O–H groups in total. The lowest BCUT2D eigenvalue weighted by atomic mass is 10.1. The normalized spacial score (nSPS) is 9.50. The predicted octanol–water partition coefficient (Wildman–Crippen LogP) is 1.63. The third-order valence-electron chi connectivity index (χ3n) is 1.89. The van der Waals surface area contributed by atoms with Crippen LogP contribution < -0.4 is 4.74 Å². The highest BCUT2D eigenvalue weighted by Gasteiger charge is 1.99. The molecule has 0 aromatic heterocycles. The van der Waals surface area contributed by atoms with E-state index in [0.717, 1.165) is 11.3 Å². The van der Waals surface area contributed by atoms with Gasteiger partial charge in [0.05, 0.1) is 18.2 Å². The highest BCUT2D eigenvalue weighted by atomic mass is 16.5. The standard InChI is InChI=1S/C11H13NO2/c1-9-7-11(14-6-2-5-13)4-3-10(9)8-12/h3-4,7,13H,2,5-6H2,1H3. The van der Waals surface area contributed by atoms with Gasteiger partial charge in [0.2, 0.25) is 0 Å². The molecule has 0 saturated carbocycles. The van der Waals surface area contributed by atoms with Crippen LogP contribution in [0, 0.1) is 18.3 Å². The fourth-order valence-corrected chi connectivity index (χ4v) is 1.11. The molecule has 0 radical (unpaired) electrons. The molecule has 0 bridgehead atoms. The molecule has 1 aromatic rings. The van der Waals surface area contributed by atoms with Crippen molar-refractivity contribution in [1.29, 1.82) is 5.26 Å². The summed E-state index contributed by atoms with van der Waals surface area (Å²) in [5.41, 5.74) is 1.58. The van der Waals surface area contributed by atoms with Crippen molar-refractivity contribution in [2.24, 2.45) is 0 Å². The van der Waals surface area contributed by atoms with Gasteiger partial charge in [0.1, 0.15) is 5.75 Å². The molecule has 0 amide bonds. The summed E-state index contributed by atoms with van der Waals surface area (Å²) in [6, 6.07) is 7.43. The van der Waals surface area contributed by atoms with E-state index in [-0.39, 0.29) is 6.61 Å². The van der Waals surface area contributed by atoms with E-state index in [1.165, 1.54) is 0 Å². The van der Waals surface area contributed by atoms with Crippen molar-refractivity contribution in [3.05, 3.63) is 29.3 Å². The Hall–Kier alpha value is -1.53. The van der Waals surface area contributed by atoms with E-state index in [4.69, 9.17) is 15.1 Å². The molecular weight excluding hydrogens is 178 g/mol. The average Bonchev–Trinajstić information content (AvgIpc) is 2.18. The maximum atomic E-state index is 8.70. The van der Waals surface area contributed by atoms with Gasteiger partial charge >= 0.3 is 0 Å². The third-order valence-corrected chi connectivity index (χ3v) is 1.89. The molecule has 0 saturated heterocycles. The average molecular weight is 191 g/mol. The highest BCUT2D eigenvalue weighted by Crippen LogP contribution is 2.16. The van der Waals surface area contributed by atoms with Crippen molar-refractivity contribution < 1.29 is 9.84 Å². The quantitative estimate of drug-likeness (QED) is 0.736. The summed E-state index contributed by atoms with van der Waals surface area (Å²) in [6.07, 6.45) is 0.624. The Bertz CT molecular complexity index is 342. The minimum absolute atomic E-state index is 0.134. The zero-order chi connectivity index (χ0) is 10.4. The number of aliphatic hydroxyl groups is 1. The second-order valence-electron chi connectivity index (χ2n) is 3.01. The molecule has 0 heterocycles. The van der Waals surface area contributed by atoms with Gasteiger partial charge in [-0.15, -0.1) is 0 Å². The number of ether oxygens (including phenoxy) is 1. The van der Waals surface area contributed by atoms with E-state index in [0.29, 0.717) is 18.6 Å². The number of aliphatic hydroxyl groups excluding tert-OH is 1. The fraction of sp³-hybridized carbons (Fsp3) is 0.364. The molecule has 0 aliphatic rings. The van der Waals surface area contributed by atoms with Crippen molar-refractivity contribution in [2.75, 3.05) is 13.2 Å². The molecule has 0 aliphatic heterocycles. The molecule has 74 valence electrons. The molecule has 0 unspecified atom stereocenters. The highest BCUT2D eigenvalue weighted by molar-refractivity contribution is 5.41. The topological polar surface area (TPSA) is 53.2 Å². The lowest BCUT2D eigenvalue weighted by molar-refractivity contribution is 0.233. The summed E-state index contributed by atoms with van der Waals surface area (Å²) in [5, 5.41) is 17.3. The Morgan fingerprint density at radius 1 is 1.50 bits per heavy atom. The van der Waals surface area contributed by atoms with Crippen LogP contribution in [-0.2, 0) is 0 Å². The maximum absolute atomic E-state index is 8.70. The van der Waals surface area contributed by atoms with Gasteiger partial charge in [-0.25, -0.2) is 0 Å². The number of hydrogen-bond acceptors (Lipinski definition) is 3. The van der Waals surface area contributed by atoms with Crippen LogP contribution in [0.25, 0.3) is 0 Å². The zero-order valence-electron chi connectivity index (χ0n) is 8.16. The first-order valence-corrected chi connectivity index (χ1v) is 4.52. The lowest BCUT2D eigenvalue weighted by Gasteiger charge is -2.06. The fourth-order valence-electron chi connectivity index (χ4n) is 1.11. The predicted molar refractivity (Wildman–Crippen MR) is 53.1 cm³/mol. The van der Waals surface area contributed by atoms with Gasteiger partial charge in [0, 0.05) is 13.0 Å². The maximum Gasteiger partial charge on any atom is 0.119 e. The summed E-state index contributed by atoms with van der Waals surface area (Å²) in [5.74, 6) is 0.745. The van der Waals surface area contributed by atoms with E-state index in [2.05, 4.69) is 6.07 Å². The van der Waals surface area contributed by atoms with Crippen LogP contribution >= 0.6 is 0 Å². The van der Waals surface area contributed by atoms with Gasteiger partial charge in [-0.05, 0) is 30.7 Å². The summed E-state index contributed by atoms with van der Waals surface area (Å²) < 4.78 is 5.36. The summed E-state index contributed by atoms with van der Waals surface area (Å²) >= 11 is 0. The summed E-state index contributed by atoms with van der Waals surface area (Å²) in [4.78, 5) is 0. The molecule has 1 rings (SSSR count). The molecule has 0 spiro atoms. The van der Waals surface area contributed by atoms with Crippen molar-refractivity contribution in [2.45, 2.75) is 13.3 Å². The molecule has 3 nitrogen and oxygen atoms in total. The first-order chi connectivity index (χ1) is 6.77. The molecule has 3 heteroatoms. The first kappa shape index (κ1) is 10.6. The van der Waals surface area contributed by atoms with E-state index < -0.39 is 0 Å². The Balaban J connectivity index is 2.63. The third kappa shape index (κ3) is 2.75. The van der Waals surface area contributed by atoms with E-state index in [9.17, 15) is 0 Å². The van der Waals surface area contributed by atoms with Gasteiger partial charge < -0.3 is 9.84 Å². The Morgan fingerprint density at radius 2 is 2.29 bits per heavy atom. The van der Waals surface area contributed by atoms with Gasteiger partial charge in [-0.1, -0.05) is 0 Å². The largest absolute Gasteiger partial charge is 0.493 e. The van der Waals surface area contributed by atoms with E-state index >= 15 is 0 Å². The number of nitriles is 1. The number of hydrogen-bond donors (Lipinski definition) is 1. The number of aryl methyl sites for hydroxylation is 1. The Kier molecular flexibility index (Phi) is 3.96. The van der Waals surface area contributed by atoms with Crippen LogP contribution in [0.4, 0.5) is 0 Å². The second kappa shape index (κ2) is 5.25. The molecular formula is C11H13NO2. The lowest BCUT2D eigenvalue weighted by Crippen LogP contribution is -1.99. The molecule has 14 heavy (non-hydrogen) atoms. The van der Waals surface area contributed by atoms with Gasteiger partial charge in [-0.3, -0.25) is 0 Å². The van der Waals surface area contributed by atoms with Crippen molar-refractivity contribution >= 4 is 0 Å². The Morgan fingerprint density at radius 3 is 2.86 bits per heavy atom. The van der Waals surface area contributed by atoms with Crippen molar-refractivity contribution in [3.8, 4) is 11.8 Å². The first-order valence-electron chi connectivity index (χ1n) is 4.52. The molecule has 0 fully saturated rings. The number of rotatable bonds is 4. The van der Waals surface area contributed by atoms with Crippen LogP contribution in [0.3, 0.4) is 0 Å². The SMILES string of the molecule is Cc1cc(OCCCO)ccc1C#N. The molecule has 0 atom stereocenters. The van der Waals surface area contributed by atoms with E-state index in [1.54, 1.807) is 12.1 Å². The van der Waals surface area contributed by atoms with Gasteiger partial charge in [-0.2, -0.15) is 5.26 Å². The minimum atomic E-state index is 0.134. The van der Waals surface area contributed by atoms with E-state index in [1.807, 2.05) is 13.0 Å². The van der Waals surface area contributed by atoms with Gasteiger partial charge in [0.15, 0.2) is 0 Å².